The molecule has 11 bridgehead atoms. The van der Waals surface area contributed by atoms with E-state index >= 15 is 0 Å². The molecule has 3 saturated carbocycles. The maximum atomic E-state index is 14.7. The molecule has 4 aliphatic heterocycles. The van der Waals surface area contributed by atoms with E-state index in [1.54, 1.807) is 0 Å². The summed E-state index contributed by atoms with van der Waals surface area (Å²) in [4.78, 5) is 19.5. The van der Waals surface area contributed by atoms with Crippen LogP contribution in [0.2, 0.25) is 0 Å². The van der Waals surface area contributed by atoms with Gasteiger partial charge in [-0.2, -0.15) is 0 Å². The molecule has 0 amide bonds. The first-order valence-corrected chi connectivity index (χ1v) is 23.5. The fourth-order valence-corrected chi connectivity index (χ4v) is 17.8. The van der Waals surface area contributed by atoms with Crippen molar-refractivity contribution in [3.63, 3.8) is 0 Å². The number of carbonyl (C=O) groups excluding carboxylic acids is 1. The number of nitrogens with two attached hydrogens (primary N) is 1. The first-order chi connectivity index (χ1) is 23.8. The molecule has 2 spiro atoms. The molecule has 4 heterocycles. The van der Waals surface area contributed by atoms with E-state index in [2.05, 4.69) is 30.4 Å². The largest absolute Gasteiger partial charge is 0.396 e. The van der Waals surface area contributed by atoms with Gasteiger partial charge in [-0.05, 0) is 115 Å². The van der Waals surface area contributed by atoms with Crippen LogP contribution in [0, 0.1) is 46.3 Å². The van der Waals surface area contributed by atoms with Crippen molar-refractivity contribution in [2.75, 3.05) is 37.0 Å². The molecule has 0 radical (unpaired) electrons. The van der Waals surface area contributed by atoms with Crippen molar-refractivity contribution in [3.8, 4) is 0 Å². The van der Waals surface area contributed by atoms with Crippen LogP contribution in [0.3, 0.4) is 0 Å². The van der Waals surface area contributed by atoms with Crippen molar-refractivity contribution < 1.29 is 20.1 Å². The van der Waals surface area contributed by atoms with Gasteiger partial charge in [0.2, 0.25) is 0 Å². The van der Waals surface area contributed by atoms with Gasteiger partial charge in [0, 0.05) is 60.5 Å². The van der Waals surface area contributed by atoms with Crippen LogP contribution in [-0.2, 0) is 17.2 Å². The SMILES string of the molecule is CC12CCSSCC34NC(N)=NCC3C3CCC4C(CSSCc4ccc(CO)c3c4)CC3=C4CC1CC(CO)C(CCCO)C42CC3=O. The van der Waals surface area contributed by atoms with Gasteiger partial charge in [-0.3, -0.25) is 9.79 Å². The van der Waals surface area contributed by atoms with Gasteiger partial charge in [0.05, 0.1) is 12.1 Å². The van der Waals surface area contributed by atoms with E-state index in [9.17, 15) is 20.1 Å². The highest BCUT2D eigenvalue weighted by atomic mass is 33.1. The fourth-order valence-electron chi connectivity index (χ4n) is 12.5. The van der Waals surface area contributed by atoms with Crippen molar-refractivity contribution in [2.24, 2.45) is 57.1 Å². The fraction of sp³-hybridized carbons (Fsp3) is 0.737. The average molecular weight is 744 g/mol. The molecule has 0 saturated heterocycles. The molecule has 9 rings (SSSR count). The van der Waals surface area contributed by atoms with Crippen molar-refractivity contribution >= 4 is 54.9 Å². The Labute approximate surface area is 307 Å². The lowest BCUT2D eigenvalue weighted by Crippen LogP contribution is -2.69. The van der Waals surface area contributed by atoms with Gasteiger partial charge in [-0.15, -0.1) is 0 Å². The Kier molecular flexibility index (Phi) is 9.97. The molecule has 49 heavy (non-hydrogen) atoms. The van der Waals surface area contributed by atoms with E-state index in [0.29, 0.717) is 42.5 Å². The molecule has 10 atom stereocenters. The number of ketones is 1. The van der Waals surface area contributed by atoms with Gasteiger partial charge < -0.3 is 26.4 Å². The highest BCUT2D eigenvalue weighted by Crippen LogP contribution is 2.75. The molecular formula is C38H53N3O4S4. The summed E-state index contributed by atoms with van der Waals surface area (Å²) < 4.78 is 0. The van der Waals surface area contributed by atoms with E-state index in [0.717, 1.165) is 85.5 Å². The normalized spacial score (nSPS) is 41.8. The number of Topliss-reactive ketones (excluding diaryl/α,β-unsaturated/α-hetero) is 1. The standard InChI is InChI=1S/C38H53N3O4S4/c1-36-8-10-46-49-21-38-31-7-6-27(33(38)16-40-35(39)41-38)28-11-22(4-5-23(28)17-43)19-47-48-20-25(31)13-29-32-14-26(36)12-24(18-44)30(3-2-9-42)37(32,36)15-34(29)45/h4-5,11,24-27,30-31,33,42-44H,2-3,6-10,12-21H2,1H3,(H3,39,40,41). The number of fused-ring (bicyclic) bond motifs is 4. The van der Waals surface area contributed by atoms with E-state index in [1.165, 1.54) is 16.7 Å². The lowest BCUT2D eigenvalue weighted by atomic mass is 9.47. The minimum Gasteiger partial charge on any atom is -0.396 e. The number of carbonyl (C=O) groups is 1. The highest BCUT2D eigenvalue weighted by Gasteiger charge is 2.70. The van der Waals surface area contributed by atoms with Crippen molar-refractivity contribution in [2.45, 2.75) is 88.5 Å². The smallest absolute Gasteiger partial charge is 0.189 e. The van der Waals surface area contributed by atoms with Crippen molar-refractivity contribution in [1.82, 2.24) is 5.32 Å². The number of allylic oxidation sites excluding steroid dienone is 2. The molecule has 10 unspecified atom stereocenters. The van der Waals surface area contributed by atoms with Crippen molar-refractivity contribution in [1.29, 1.82) is 0 Å². The van der Waals surface area contributed by atoms with E-state index in [-0.39, 0.29) is 59.9 Å². The first-order valence-electron chi connectivity index (χ1n) is 18.6. The quantitative estimate of drug-likeness (QED) is 0.219. The van der Waals surface area contributed by atoms with Crippen LogP contribution in [-0.4, -0.2) is 69.6 Å². The summed E-state index contributed by atoms with van der Waals surface area (Å²) in [5.41, 5.74) is 12.4. The summed E-state index contributed by atoms with van der Waals surface area (Å²) >= 11 is 0. The zero-order chi connectivity index (χ0) is 34.0. The predicted molar refractivity (Wildman–Crippen MR) is 205 cm³/mol. The number of nitrogens with zero attached hydrogens (tertiary/aromatic N) is 1. The molecule has 7 nitrogen and oxygen atoms in total. The Hall–Kier alpha value is -0.820. The van der Waals surface area contributed by atoms with E-state index in [4.69, 9.17) is 10.7 Å². The zero-order valence-electron chi connectivity index (χ0n) is 28.7. The number of benzene rings is 1. The summed E-state index contributed by atoms with van der Waals surface area (Å²) in [5, 5.41) is 35.1. The Morgan fingerprint density at radius 2 is 1.96 bits per heavy atom. The van der Waals surface area contributed by atoms with Gasteiger partial charge in [0.25, 0.3) is 0 Å². The summed E-state index contributed by atoms with van der Waals surface area (Å²) in [7, 11) is 7.88. The second kappa shape index (κ2) is 13.9. The Balaban J connectivity index is 1.27. The number of aliphatic hydroxyl groups excluding tert-OH is 3. The van der Waals surface area contributed by atoms with Crippen LogP contribution in [0.4, 0.5) is 0 Å². The van der Waals surface area contributed by atoms with Gasteiger partial charge in [-0.1, -0.05) is 73.9 Å². The summed E-state index contributed by atoms with van der Waals surface area (Å²) in [6.07, 6.45) is 8.17. The molecule has 1 aromatic rings. The second-order valence-electron chi connectivity index (χ2n) is 16.3. The number of aliphatic hydroxyl groups is 3. The number of hydrogen-bond acceptors (Lipinski definition) is 11. The monoisotopic (exact) mass is 743 g/mol. The Morgan fingerprint density at radius 3 is 2.78 bits per heavy atom. The Bertz CT molecular complexity index is 1520. The predicted octanol–water partition coefficient (Wildman–Crippen LogP) is 6.31. The lowest BCUT2D eigenvalue weighted by Gasteiger charge is -2.57. The van der Waals surface area contributed by atoms with E-state index in [1.807, 2.05) is 43.2 Å². The molecule has 0 aromatic heterocycles. The summed E-state index contributed by atoms with van der Waals surface area (Å²) in [6, 6.07) is 6.70. The number of aliphatic imine (C=N–C) groups is 1. The lowest BCUT2D eigenvalue weighted by molar-refractivity contribution is -0.125. The van der Waals surface area contributed by atoms with E-state index < -0.39 is 0 Å². The molecule has 6 N–H and O–H groups in total. The third kappa shape index (κ3) is 5.51. The average Bonchev–Trinajstić information content (AvgIpc) is 3.43. The molecule has 4 aliphatic carbocycles. The molecule has 1 aromatic carbocycles. The minimum atomic E-state index is -0.271. The van der Waals surface area contributed by atoms with Crippen LogP contribution in [0.25, 0.3) is 0 Å². The van der Waals surface area contributed by atoms with Gasteiger partial charge >= 0.3 is 0 Å². The summed E-state index contributed by atoms with van der Waals surface area (Å²) in [5.74, 6) is 6.80. The molecule has 11 heteroatoms. The molecule has 8 aliphatic rings. The van der Waals surface area contributed by atoms with Gasteiger partial charge in [0.15, 0.2) is 11.7 Å². The highest BCUT2D eigenvalue weighted by molar-refractivity contribution is 8.76. The summed E-state index contributed by atoms with van der Waals surface area (Å²) in [6.45, 7) is 3.55. The van der Waals surface area contributed by atoms with Crippen LogP contribution >= 0.6 is 43.2 Å². The molecule has 268 valence electrons. The Morgan fingerprint density at radius 1 is 1.08 bits per heavy atom. The maximum Gasteiger partial charge on any atom is 0.189 e. The zero-order valence-corrected chi connectivity index (χ0v) is 32.0. The van der Waals surface area contributed by atoms with Crippen LogP contribution in [0.5, 0.6) is 0 Å². The topological polar surface area (TPSA) is 128 Å². The third-order valence-corrected chi connectivity index (χ3v) is 19.6. The first kappa shape index (κ1) is 35.2. The van der Waals surface area contributed by atoms with Gasteiger partial charge in [-0.25, -0.2) is 0 Å². The maximum absolute atomic E-state index is 14.7. The number of guanidine groups is 1. The van der Waals surface area contributed by atoms with Crippen LogP contribution in [0.1, 0.15) is 87.3 Å². The van der Waals surface area contributed by atoms with Gasteiger partial charge in [0.1, 0.15) is 0 Å². The van der Waals surface area contributed by atoms with Crippen molar-refractivity contribution in [3.05, 3.63) is 46.0 Å². The number of nitrogens with one attached hydrogen (secondary N) is 1. The molecule has 3 fully saturated rings. The van der Waals surface area contributed by atoms with Crippen LogP contribution < -0.4 is 11.1 Å². The third-order valence-electron chi connectivity index (χ3n) is 14.7. The minimum absolute atomic E-state index is 0.00949. The molecular weight excluding hydrogens is 691 g/mol. The van der Waals surface area contributed by atoms with Crippen LogP contribution in [0.15, 0.2) is 34.3 Å². The number of rotatable bonds is 5. The number of hydrogen-bond donors (Lipinski definition) is 5. The second-order valence-corrected chi connectivity index (χ2v) is 21.4.